The van der Waals surface area contributed by atoms with Gasteiger partial charge in [-0.15, -0.1) is 0 Å². The fourth-order valence-electron chi connectivity index (χ4n) is 0. The van der Waals surface area contributed by atoms with Gasteiger partial charge in [-0.25, -0.2) is 0 Å². The van der Waals surface area contributed by atoms with E-state index in [0.717, 1.165) is 48.5 Å². The maximum atomic E-state index is 9.00. The first-order chi connectivity index (χ1) is 12.1. The Morgan fingerprint density at radius 1 is 0.290 bits per heavy atom. The van der Waals surface area contributed by atoms with E-state index < -0.39 is 41.8 Å². The molecule has 192 valence electrons. The molecule has 0 bridgehead atoms. The number of carboxylic acids is 7. The van der Waals surface area contributed by atoms with Crippen LogP contribution in [0.25, 0.3) is 0 Å². The molecule has 0 radical (unpaired) electrons. The summed E-state index contributed by atoms with van der Waals surface area (Å²) >= 11 is 0. The fourth-order valence-corrected chi connectivity index (χ4v) is 0. The molecule has 17 heteroatoms. The number of hydrogen-bond donors (Lipinski definition) is 7. The monoisotopic (exact) mass is 726 g/mol. The normalized spacial score (nSPS) is 5.65. The van der Waals surface area contributed by atoms with Gasteiger partial charge in [0.25, 0.3) is 41.8 Å². The first-order valence-corrected chi connectivity index (χ1v) is 6.49. The summed E-state index contributed by atoms with van der Waals surface area (Å²) < 4.78 is 0. The molecule has 0 saturated heterocycles. The van der Waals surface area contributed by atoms with E-state index in [1.54, 1.807) is 0 Å². The predicted octanol–water partition coefficient (Wildman–Crippen LogP) is 0.629. The van der Waals surface area contributed by atoms with Crippen LogP contribution in [0.1, 0.15) is 48.5 Å². The molecular weight excluding hydrogens is 695 g/mol. The Labute approximate surface area is 217 Å². The third-order valence-corrected chi connectivity index (χ3v) is 0. The van der Waals surface area contributed by atoms with Crippen molar-refractivity contribution in [3.63, 3.8) is 0 Å². The van der Waals surface area contributed by atoms with Crippen LogP contribution in [-0.4, -0.2) is 77.5 Å². The topological polar surface area (TPSA) is 261 Å². The number of aliphatic carboxylic acids is 7. The zero-order valence-electron chi connectivity index (χ0n) is 17.5. The molecule has 0 fully saturated rings. The van der Waals surface area contributed by atoms with Gasteiger partial charge in [0.1, 0.15) is 0 Å². The van der Waals surface area contributed by atoms with Crippen molar-refractivity contribution in [3.8, 4) is 0 Å². The molecule has 0 heterocycles. The molecule has 0 spiro atoms. The van der Waals surface area contributed by atoms with E-state index in [2.05, 4.69) is 0 Å². The van der Waals surface area contributed by atoms with Crippen LogP contribution in [0, 0.1) is 0 Å². The average Bonchev–Trinajstić information content (AvgIpc) is 2.20. The first kappa shape index (κ1) is 63.0. The minimum absolute atomic E-state index is 0. The molecule has 0 aromatic heterocycles. The zero-order chi connectivity index (χ0) is 25.0. The van der Waals surface area contributed by atoms with Crippen molar-refractivity contribution in [2.24, 2.45) is 0 Å². The third-order valence-electron chi connectivity index (χ3n) is 0. The molecule has 0 aromatic carbocycles. The van der Waals surface area contributed by atoms with Gasteiger partial charge in [0.2, 0.25) is 0 Å². The Morgan fingerprint density at radius 2 is 0.290 bits per heavy atom. The molecule has 0 aliphatic heterocycles. The van der Waals surface area contributed by atoms with Crippen molar-refractivity contribution >= 4 is 41.8 Å². The van der Waals surface area contributed by atoms with E-state index >= 15 is 0 Å². The van der Waals surface area contributed by atoms with Gasteiger partial charge in [-0.05, 0) is 0 Å². The van der Waals surface area contributed by atoms with Crippen molar-refractivity contribution in [2.75, 3.05) is 0 Å². The molecular formula is C14H28O14Ru3. The molecule has 0 aliphatic rings. The van der Waals surface area contributed by atoms with E-state index in [0.29, 0.717) is 0 Å². The third kappa shape index (κ3) is 5690. The van der Waals surface area contributed by atoms with Gasteiger partial charge in [-0.1, -0.05) is 0 Å². The smallest absolute Gasteiger partial charge is 0.300 e. The van der Waals surface area contributed by atoms with Crippen LogP contribution in [0.3, 0.4) is 0 Å². The molecule has 0 saturated carbocycles. The molecule has 7 N–H and O–H groups in total. The zero-order valence-corrected chi connectivity index (χ0v) is 22.8. The second kappa shape index (κ2) is 56.6. The van der Waals surface area contributed by atoms with Crippen LogP contribution in [0.4, 0.5) is 0 Å². The summed E-state index contributed by atoms with van der Waals surface area (Å²) in [7, 11) is 0. The van der Waals surface area contributed by atoms with Crippen LogP contribution in [0.2, 0.25) is 0 Å². The molecule has 0 atom stereocenters. The first-order valence-electron chi connectivity index (χ1n) is 6.49. The van der Waals surface area contributed by atoms with Crippen LogP contribution in [0.5, 0.6) is 0 Å². The Morgan fingerprint density at radius 3 is 0.290 bits per heavy atom. The Bertz CT molecular complexity index is 321. The van der Waals surface area contributed by atoms with Crippen molar-refractivity contribution in [1.82, 2.24) is 0 Å². The van der Waals surface area contributed by atoms with Gasteiger partial charge in [0.15, 0.2) is 0 Å². The van der Waals surface area contributed by atoms with E-state index in [1.165, 1.54) is 0 Å². The van der Waals surface area contributed by atoms with E-state index in [-0.39, 0.29) is 58.4 Å². The second-order valence-electron chi connectivity index (χ2n) is 3.63. The standard InChI is InChI=1S/7C2H4O2.3Ru/c7*1-2(3)4;;;/h7*1H3,(H,3,4);;;. The number of carbonyl (C=O) groups is 7. The summed E-state index contributed by atoms with van der Waals surface area (Å²) in [5.41, 5.74) is 0. The number of carboxylic acid groups (broad SMARTS) is 7. The maximum Gasteiger partial charge on any atom is 0.300 e. The second-order valence-corrected chi connectivity index (χ2v) is 3.63. The van der Waals surface area contributed by atoms with Crippen molar-refractivity contribution < 1.29 is 128 Å². The summed E-state index contributed by atoms with van der Waals surface area (Å²) in [6.07, 6.45) is 0. The van der Waals surface area contributed by atoms with Crippen LogP contribution in [-0.2, 0) is 92.0 Å². The van der Waals surface area contributed by atoms with Crippen LogP contribution >= 0.6 is 0 Å². The van der Waals surface area contributed by atoms with Gasteiger partial charge < -0.3 is 35.7 Å². The SMILES string of the molecule is CC(=O)O.CC(=O)O.CC(=O)O.CC(=O)O.CC(=O)O.CC(=O)O.CC(=O)O.[Ru].[Ru].[Ru]. The summed E-state index contributed by atoms with van der Waals surface area (Å²) in [5, 5.41) is 51.9. The largest absolute Gasteiger partial charge is 0.481 e. The summed E-state index contributed by atoms with van der Waals surface area (Å²) in [4.78, 5) is 63.0. The number of hydrogen-bond acceptors (Lipinski definition) is 7. The van der Waals surface area contributed by atoms with E-state index in [4.69, 9.17) is 69.3 Å². The minimum atomic E-state index is -0.833. The summed E-state index contributed by atoms with van der Waals surface area (Å²) in [5.74, 6) is -5.83. The molecule has 0 unspecified atom stereocenters. The number of rotatable bonds is 0. The molecule has 0 aromatic rings. The molecule has 14 nitrogen and oxygen atoms in total. The summed E-state index contributed by atoms with van der Waals surface area (Å²) in [6, 6.07) is 0. The van der Waals surface area contributed by atoms with Gasteiger partial charge >= 0.3 is 0 Å². The minimum Gasteiger partial charge on any atom is -0.481 e. The average molecular weight is 724 g/mol. The van der Waals surface area contributed by atoms with Crippen molar-refractivity contribution in [3.05, 3.63) is 0 Å². The van der Waals surface area contributed by atoms with Crippen LogP contribution in [0.15, 0.2) is 0 Å². The van der Waals surface area contributed by atoms with Gasteiger partial charge in [-0.3, -0.25) is 33.6 Å². The van der Waals surface area contributed by atoms with Crippen molar-refractivity contribution in [2.45, 2.75) is 48.5 Å². The Balaban J connectivity index is -0.0000000204. The van der Waals surface area contributed by atoms with E-state index in [9.17, 15) is 0 Å². The van der Waals surface area contributed by atoms with Crippen molar-refractivity contribution in [1.29, 1.82) is 0 Å². The molecule has 0 rings (SSSR count). The van der Waals surface area contributed by atoms with E-state index in [1.807, 2.05) is 0 Å². The quantitative estimate of drug-likeness (QED) is 0.169. The molecule has 0 aliphatic carbocycles. The fraction of sp³-hybridized carbons (Fsp3) is 0.500. The van der Waals surface area contributed by atoms with Gasteiger partial charge in [0, 0.05) is 107 Å². The molecule has 0 amide bonds. The van der Waals surface area contributed by atoms with Gasteiger partial charge in [-0.2, -0.15) is 0 Å². The summed E-state index contributed by atoms with van der Waals surface area (Å²) in [6.45, 7) is 7.58. The molecule has 31 heavy (non-hydrogen) atoms. The Hall–Kier alpha value is -1.84. The van der Waals surface area contributed by atoms with Crippen LogP contribution < -0.4 is 0 Å². The maximum absolute atomic E-state index is 9.00. The predicted molar refractivity (Wildman–Crippen MR) is 93.2 cm³/mol. The Kier molecular flexibility index (Phi) is 115. The van der Waals surface area contributed by atoms with Gasteiger partial charge in [0.05, 0.1) is 0 Å².